The van der Waals surface area contributed by atoms with Crippen molar-refractivity contribution < 1.29 is 22.7 Å². The Morgan fingerprint density at radius 1 is 1.10 bits per heavy atom. The molecule has 0 saturated carbocycles. The maximum absolute atomic E-state index is 12.7. The van der Waals surface area contributed by atoms with Crippen molar-refractivity contribution in [1.29, 1.82) is 0 Å². The molecule has 0 spiro atoms. The number of carboxylic acids is 1. The van der Waals surface area contributed by atoms with Gasteiger partial charge < -0.3 is 9.90 Å². The molecule has 104 valence electrons. The maximum Gasteiger partial charge on any atom is 0.261 e. The van der Waals surface area contributed by atoms with Gasteiger partial charge in [0.2, 0.25) is 0 Å². The Bertz CT molecular complexity index is 741. The lowest BCUT2D eigenvalue weighted by Gasteiger charge is -2.09. The molecule has 0 unspecified atom stereocenters. The van der Waals surface area contributed by atoms with E-state index >= 15 is 0 Å². The molecule has 0 fully saturated rings. The molecule has 2 rings (SSSR count). The third-order valence-corrected chi connectivity index (χ3v) is 3.86. The lowest BCUT2D eigenvalue weighted by atomic mass is 10.2. The Balaban J connectivity index is 2.33. The number of nitrogens with one attached hydrogen (secondary N) is 1. The van der Waals surface area contributed by atoms with Crippen molar-refractivity contribution >= 4 is 21.7 Å². The number of hydrogen-bond acceptors (Lipinski definition) is 4. The van der Waals surface area contributed by atoms with Gasteiger partial charge in [0.1, 0.15) is 5.82 Å². The van der Waals surface area contributed by atoms with Crippen molar-refractivity contribution in [2.45, 2.75) is 4.90 Å². The highest BCUT2D eigenvalue weighted by atomic mass is 32.2. The Morgan fingerprint density at radius 3 is 2.35 bits per heavy atom. The summed E-state index contributed by atoms with van der Waals surface area (Å²) in [6.45, 7) is 0. The highest BCUT2D eigenvalue weighted by Crippen LogP contribution is 2.17. The molecule has 0 aliphatic rings. The molecule has 0 atom stereocenters. The monoisotopic (exact) mass is 294 g/mol. The van der Waals surface area contributed by atoms with Gasteiger partial charge in [-0.05, 0) is 42.0 Å². The molecule has 5 nitrogen and oxygen atoms in total. The summed E-state index contributed by atoms with van der Waals surface area (Å²) < 4.78 is 39.0. The van der Waals surface area contributed by atoms with Crippen molar-refractivity contribution in [2.75, 3.05) is 4.72 Å². The van der Waals surface area contributed by atoms with E-state index in [1.165, 1.54) is 30.3 Å². The van der Waals surface area contributed by atoms with Gasteiger partial charge >= 0.3 is 0 Å². The lowest BCUT2D eigenvalue weighted by Crippen LogP contribution is -2.23. The summed E-state index contributed by atoms with van der Waals surface area (Å²) in [6, 6.07) is 9.49. The molecule has 2 aromatic rings. The van der Waals surface area contributed by atoms with E-state index in [2.05, 4.69) is 4.72 Å². The second kappa shape index (κ2) is 5.30. The van der Waals surface area contributed by atoms with Gasteiger partial charge in [0, 0.05) is 5.69 Å². The van der Waals surface area contributed by atoms with Crippen molar-refractivity contribution in [2.24, 2.45) is 0 Å². The largest absolute Gasteiger partial charge is 0.545 e. The van der Waals surface area contributed by atoms with E-state index < -0.39 is 21.8 Å². The third-order valence-electron chi connectivity index (χ3n) is 2.48. The predicted octanol–water partition coefficient (Wildman–Crippen LogP) is 0.990. The van der Waals surface area contributed by atoms with Crippen molar-refractivity contribution in [1.82, 2.24) is 0 Å². The molecular weight excluding hydrogens is 285 g/mol. The van der Waals surface area contributed by atoms with Crippen LogP contribution in [0.25, 0.3) is 0 Å². The van der Waals surface area contributed by atoms with Crippen molar-refractivity contribution in [3.8, 4) is 0 Å². The van der Waals surface area contributed by atoms with E-state index in [9.17, 15) is 22.7 Å². The van der Waals surface area contributed by atoms with Crippen LogP contribution in [0.2, 0.25) is 0 Å². The summed E-state index contributed by atoms with van der Waals surface area (Å²) in [5.74, 6) is -1.96. The van der Waals surface area contributed by atoms with Gasteiger partial charge in [-0.2, -0.15) is 0 Å². The Labute approximate surface area is 114 Å². The molecule has 2 aromatic carbocycles. The highest BCUT2D eigenvalue weighted by Gasteiger charge is 2.14. The Kier molecular flexibility index (Phi) is 3.71. The molecule has 0 aromatic heterocycles. The average Bonchev–Trinajstić information content (AvgIpc) is 2.41. The molecular formula is C13H9FNO4S-. The molecule has 0 saturated heterocycles. The first-order valence-electron chi connectivity index (χ1n) is 5.48. The smallest absolute Gasteiger partial charge is 0.261 e. The Hall–Kier alpha value is -2.41. The van der Waals surface area contributed by atoms with E-state index in [4.69, 9.17) is 0 Å². The van der Waals surface area contributed by atoms with E-state index in [-0.39, 0.29) is 16.1 Å². The Morgan fingerprint density at radius 2 is 1.75 bits per heavy atom. The van der Waals surface area contributed by atoms with Crippen LogP contribution in [0.5, 0.6) is 0 Å². The van der Waals surface area contributed by atoms with E-state index in [0.29, 0.717) is 0 Å². The predicted molar refractivity (Wildman–Crippen MR) is 68.0 cm³/mol. The zero-order chi connectivity index (χ0) is 14.8. The second-order valence-corrected chi connectivity index (χ2v) is 5.61. The molecule has 0 aliphatic heterocycles. The minimum absolute atomic E-state index is 0.172. The first-order chi connectivity index (χ1) is 9.38. The van der Waals surface area contributed by atoms with Crippen LogP contribution in [-0.4, -0.2) is 14.4 Å². The average molecular weight is 294 g/mol. The van der Waals surface area contributed by atoms with Crippen molar-refractivity contribution in [3.05, 3.63) is 59.9 Å². The fourth-order valence-electron chi connectivity index (χ4n) is 1.52. The quantitative estimate of drug-likeness (QED) is 0.911. The highest BCUT2D eigenvalue weighted by molar-refractivity contribution is 7.92. The summed E-state index contributed by atoms with van der Waals surface area (Å²) in [5.41, 5.74) is -0.0720. The van der Waals surface area contributed by atoms with Gasteiger partial charge in [0.25, 0.3) is 10.0 Å². The number of anilines is 1. The fraction of sp³-hybridized carbons (Fsp3) is 0. The number of benzene rings is 2. The SMILES string of the molecule is O=C([O-])c1cccc(S(=O)(=O)Nc2ccc(F)cc2)c1. The zero-order valence-electron chi connectivity index (χ0n) is 10.0. The van der Waals surface area contributed by atoms with Crippen LogP contribution in [0.4, 0.5) is 10.1 Å². The van der Waals surface area contributed by atoms with Gasteiger partial charge in [0.05, 0.1) is 10.9 Å². The summed E-state index contributed by atoms with van der Waals surface area (Å²) in [5, 5.41) is 10.7. The number of halogens is 1. The standard InChI is InChI=1S/C13H10FNO4S/c14-10-4-6-11(7-5-10)15-20(18,19)12-3-1-2-9(8-12)13(16)17/h1-8,15H,(H,16,17)/p-1. The van der Waals surface area contributed by atoms with Crippen LogP contribution in [0.15, 0.2) is 53.4 Å². The summed E-state index contributed by atoms with van der Waals surface area (Å²) in [6.07, 6.45) is 0. The number of carboxylic acid groups (broad SMARTS) is 1. The molecule has 7 heteroatoms. The first-order valence-corrected chi connectivity index (χ1v) is 6.96. The maximum atomic E-state index is 12.7. The molecule has 0 heterocycles. The summed E-state index contributed by atoms with van der Waals surface area (Å²) in [7, 11) is -3.95. The van der Waals surface area contributed by atoms with Crippen LogP contribution >= 0.6 is 0 Å². The summed E-state index contributed by atoms with van der Waals surface area (Å²) >= 11 is 0. The number of rotatable bonds is 4. The lowest BCUT2D eigenvalue weighted by molar-refractivity contribution is -0.255. The summed E-state index contributed by atoms with van der Waals surface area (Å²) in [4.78, 5) is 10.5. The molecule has 0 aliphatic carbocycles. The van der Waals surface area contributed by atoms with Gasteiger partial charge in [0.15, 0.2) is 0 Å². The minimum Gasteiger partial charge on any atom is -0.545 e. The van der Waals surface area contributed by atoms with Crippen LogP contribution in [0, 0.1) is 5.82 Å². The number of carbonyl (C=O) groups is 1. The van der Waals surface area contributed by atoms with Crippen molar-refractivity contribution in [3.63, 3.8) is 0 Å². The topological polar surface area (TPSA) is 86.3 Å². The molecule has 0 amide bonds. The number of hydrogen-bond donors (Lipinski definition) is 1. The second-order valence-electron chi connectivity index (χ2n) is 3.93. The fourth-order valence-corrected chi connectivity index (χ4v) is 2.63. The molecule has 1 N–H and O–H groups in total. The van der Waals surface area contributed by atoms with Crippen LogP contribution < -0.4 is 9.83 Å². The molecule has 20 heavy (non-hydrogen) atoms. The first kappa shape index (κ1) is 14.0. The van der Waals surface area contributed by atoms with E-state index in [1.807, 2.05) is 0 Å². The number of aromatic carboxylic acids is 1. The van der Waals surface area contributed by atoms with Crippen LogP contribution in [0.3, 0.4) is 0 Å². The van der Waals surface area contributed by atoms with Gasteiger partial charge in [-0.25, -0.2) is 12.8 Å². The van der Waals surface area contributed by atoms with Crippen LogP contribution in [-0.2, 0) is 10.0 Å². The zero-order valence-corrected chi connectivity index (χ0v) is 10.9. The van der Waals surface area contributed by atoms with Gasteiger partial charge in [-0.1, -0.05) is 12.1 Å². The molecule has 0 radical (unpaired) electrons. The van der Waals surface area contributed by atoms with Gasteiger partial charge in [-0.15, -0.1) is 0 Å². The van der Waals surface area contributed by atoms with E-state index in [0.717, 1.165) is 18.2 Å². The number of carbonyl (C=O) groups excluding carboxylic acids is 1. The van der Waals surface area contributed by atoms with E-state index in [1.54, 1.807) is 0 Å². The number of sulfonamides is 1. The third kappa shape index (κ3) is 3.12. The minimum atomic E-state index is -3.95. The normalized spacial score (nSPS) is 11.1. The molecule has 0 bridgehead atoms. The van der Waals surface area contributed by atoms with Crippen LogP contribution in [0.1, 0.15) is 10.4 Å². The van der Waals surface area contributed by atoms with Gasteiger partial charge in [-0.3, -0.25) is 4.72 Å².